The van der Waals surface area contributed by atoms with Crippen molar-refractivity contribution in [1.29, 1.82) is 0 Å². The number of hydrogen-bond acceptors (Lipinski definition) is 4. The molecule has 3 rings (SSSR count). The lowest BCUT2D eigenvalue weighted by molar-refractivity contribution is 0.0654. The van der Waals surface area contributed by atoms with Crippen molar-refractivity contribution in [3.8, 4) is 0 Å². The summed E-state index contributed by atoms with van der Waals surface area (Å²) in [7, 11) is 1.61. The summed E-state index contributed by atoms with van der Waals surface area (Å²) in [5, 5.41) is 0.575. The van der Waals surface area contributed by atoms with Gasteiger partial charge >= 0.3 is 0 Å². The van der Waals surface area contributed by atoms with Crippen LogP contribution in [0.15, 0.2) is 53.3 Å². The fraction of sp³-hybridized carbons (Fsp3) is 0.423. The summed E-state index contributed by atoms with van der Waals surface area (Å²) >= 11 is 0. The molecule has 0 fully saturated rings. The van der Waals surface area contributed by atoms with E-state index in [9.17, 15) is 9.59 Å². The van der Waals surface area contributed by atoms with Crippen molar-refractivity contribution in [3.63, 3.8) is 0 Å². The van der Waals surface area contributed by atoms with Crippen LogP contribution in [0.1, 0.15) is 61.4 Å². The fourth-order valence-electron chi connectivity index (χ4n) is 4.07. The second kappa shape index (κ2) is 11.0. The minimum Gasteiger partial charge on any atom is -0.383 e. The Morgan fingerprint density at radius 3 is 2.44 bits per heavy atom. The number of rotatable bonds is 10. The molecule has 6 heteroatoms. The third kappa shape index (κ3) is 4.91. The van der Waals surface area contributed by atoms with E-state index in [-0.39, 0.29) is 17.5 Å². The van der Waals surface area contributed by atoms with E-state index in [1.807, 2.05) is 54.3 Å². The number of hydrogen-bond donors (Lipinski definition) is 0. The molecule has 3 aromatic rings. The average molecular weight is 436 g/mol. The van der Waals surface area contributed by atoms with Crippen molar-refractivity contribution < 1.29 is 9.53 Å². The number of benzene rings is 2. The first kappa shape index (κ1) is 23.7. The molecule has 0 radical (unpaired) electrons. The Labute approximate surface area is 189 Å². The smallest absolute Gasteiger partial charge is 0.261 e. The van der Waals surface area contributed by atoms with Crippen LogP contribution in [0.4, 0.5) is 0 Å². The Morgan fingerprint density at radius 2 is 1.81 bits per heavy atom. The summed E-state index contributed by atoms with van der Waals surface area (Å²) in [6.07, 6.45) is 2.39. The largest absolute Gasteiger partial charge is 0.383 e. The van der Waals surface area contributed by atoms with Crippen molar-refractivity contribution >= 4 is 16.8 Å². The molecule has 6 nitrogen and oxygen atoms in total. The maximum absolute atomic E-state index is 13.6. The number of aryl methyl sites for hydroxylation is 1. The van der Waals surface area contributed by atoms with Crippen LogP contribution in [0.25, 0.3) is 10.9 Å². The Balaban J connectivity index is 2.12. The van der Waals surface area contributed by atoms with Gasteiger partial charge in [-0.05, 0) is 49.1 Å². The lowest BCUT2D eigenvalue weighted by Gasteiger charge is -2.32. The fourth-order valence-corrected chi connectivity index (χ4v) is 4.07. The number of nitrogens with zero attached hydrogens (tertiary/aromatic N) is 3. The highest BCUT2D eigenvalue weighted by Gasteiger charge is 2.28. The zero-order valence-electron chi connectivity index (χ0n) is 19.5. The van der Waals surface area contributed by atoms with Gasteiger partial charge in [0.05, 0.1) is 30.1 Å². The van der Waals surface area contributed by atoms with Crippen LogP contribution in [-0.2, 0) is 17.7 Å². The van der Waals surface area contributed by atoms with E-state index < -0.39 is 0 Å². The summed E-state index contributed by atoms with van der Waals surface area (Å²) in [6, 6.07) is 14.8. The van der Waals surface area contributed by atoms with Gasteiger partial charge in [-0.2, -0.15) is 0 Å². The molecule has 0 aliphatic heterocycles. The van der Waals surface area contributed by atoms with Crippen molar-refractivity contribution in [2.24, 2.45) is 0 Å². The Bertz CT molecular complexity index is 1110. The Hall–Kier alpha value is -2.99. The van der Waals surface area contributed by atoms with Gasteiger partial charge in [0.2, 0.25) is 0 Å². The number of aromatic nitrogens is 2. The van der Waals surface area contributed by atoms with Crippen LogP contribution in [0.5, 0.6) is 0 Å². The third-order valence-corrected chi connectivity index (χ3v) is 5.81. The molecule has 0 bridgehead atoms. The number of carbonyl (C=O) groups is 1. The van der Waals surface area contributed by atoms with E-state index in [1.54, 1.807) is 17.7 Å². The van der Waals surface area contributed by atoms with Crippen LogP contribution in [0, 0.1) is 0 Å². The van der Waals surface area contributed by atoms with E-state index in [2.05, 4.69) is 13.8 Å². The Kier molecular flexibility index (Phi) is 8.17. The monoisotopic (exact) mass is 435 g/mol. The van der Waals surface area contributed by atoms with Gasteiger partial charge in [-0.15, -0.1) is 0 Å². The number of amides is 1. The highest BCUT2D eigenvalue weighted by Crippen LogP contribution is 2.26. The molecule has 0 N–H and O–H groups in total. The molecule has 1 aromatic heterocycles. The number of methoxy groups -OCH3 is 1. The minimum atomic E-state index is -0.317. The van der Waals surface area contributed by atoms with Gasteiger partial charge in [0.1, 0.15) is 5.82 Å². The molecule has 1 unspecified atom stereocenters. The summed E-state index contributed by atoms with van der Waals surface area (Å²) in [5.74, 6) is 0.572. The maximum Gasteiger partial charge on any atom is 0.261 e. The summed E-state index contributed by atoms with van der Waals surface area (Å²) in [6.45, 7) is 7.54. The predicted octanol–water partition coefficient (Wildman–Crippen LogP) is 4.61. The van der Waals surface area contributed by atoms with Crippen LogP contribution in [-0.4, -0.2) is 40.6 Å². The van der Waals surface area contributed by atoms with E-state index in [0.29, 0.717) is 48.4 Å². The first-order valence-electron chi connectivity index (χ1n) is 11.4. The van der Waals surface area contributed by atoms with E-state index in [1.165, 1.54) is 5.56 Å². The zero-order valence-corrected chi connectivity index (χ0v) is 19.5. The summed E-state index contributed by atoms with van der Waals surface area (Å²) in [5.41, 5.74) is 2.40. The van der Waals surface area contributed by atoms with E-state index in [4.69, 9.17) is 9.72 Å². The first-order chi connectivity index (χ1) is 15.5. The van der Waals surface area contributed by atoms with Gasteiger partial charge in [-0.1, -0.05) is 45.0 Å². The third-order valence-electron chi connectivity index (χ3n) is 5.81. The van der Waals surface area contributed by atoms with Crippen molar-refractivity contribution in [3.05, 3.63) is 75.8 Å². The standard InChI is InChI=1S/C26H33N3O3/c1-5-16-28(25(30)20-14-12-19(6-2)13-15-20)23(7-3)24-27-22-11-9-8-10-21(22)26(31)29(24)17-18-32-4/h8-15,23H,5-7,16-18H2,1-4H3. The maximum atomic E-state index is 13.6. The van der Waals surface area contributed by atoms with Gasteiger partial charge in [0.25, 0.3) is 11.5 Å². The van der Waals surface area contributed by atoms with E-state index in [0.717, 1.165) is 12.8 Å². The summed E-state index contributed by atoms with van der Waals surface area (Å²) in [4.78, 5) is 33.6. The molecule has 170 valence electrons. The molecule has 0 aliphatic rings. The SMILES string of the molecule is CCCN(C(=O)c1ccc(CC)cc1)C(CC)c1nc2ccccc2c(=O)n1CCOC. The average Bonchev–Trinajstić information content (AvgIpc) is 2.83. The normalized spacial score (nSPS) is 12.1. The molecule has 0 saturated carbocycles. The lowest BCUT2D eigenvalue weighted by Crippen LogP contribution is -2.39. The molecular weight excluding hydrogens is 402 g/mol. The highest BCUT2D eigenvalue weighted by atomic mass is 16.5. The zero-order chi connectivity index (χ0) is 23.1. The van der Waals surface area contributed by atoms with Crippen LogP contribution >= 0.6 is 0 Å². The van der Waals surface area contributed by atoms with Crippen LogP contribution < -0.4 is 5.56 Å². The highest BCUT2D eigenvalue weighted by molar-refractivity contribution is 5.94. The molecule has 1 amide bonds. The van der Waals surface area contributed by atoms with Crippen LogP contribution in [0.3, 0.4) is 0 Å². The number of carbonyl (C=O) groups excluding carboxylic acids is 1. The topological polar surface area (TPSA) is 64.4 Å². The predicted molar refractivity (Wildman–Crippen MR) is 128 cm³/mol. The van der Waals surface area contributed by atoms with Gasteiger partial charge < -0.3 is 9.64 Å². The summed E-state index contributed by atoms with van der Waals surface area (Å²) < 4.78 is 6.94. The number of ether oxygens (including phenoxy) is 1. The number of para-hydroxylation sites is 1. The Morgan fingerprint density at radius 1 is 1.09 bits per heavy atom. The molecule has 0 spiro atoms. The molecule has 0 aliphatic carbocycles. The van der Waals surface area contributed by atoms with Crippen LogP contribution in [0.2, 0.25) is 0 Å². The van der Waals surface area contributed by atoms with Crippen molar-refractivity contribution in [1.82, 2.24) is 14.5 Å². The van der Waals surface area contributed by atoms with E-state index >= 15 is 0 Å². The van der Waals surface area contributed by atoms with Gasteiger partial charge in [-0.25, -0.2) is 4.98 Å². The lowest BCUT2D eigenvalue weighted by atomic mass is 10.1. The quantitative estimate of drug-likeness (QED) is 0.467. The molecule has 32 heavy (non-hydrogen) atoms. The first-order valence-corrected chi connectivity index (χ1v) is 11.4. The minimum absolute atomic E-state index is 0.0398. The van der Waals surface area contributed by atoms with Gasteiger partial charge in [-0.3, -0.25) is 14.2 Å². The molecule has 0 saturated heterocycles. The van der Waals surface area contributed by atoms with Crippen molar-refractivity contribution in [2.75, 3.05) is 20.3 Å². The van der Waals surface area contributed by atoms with Gasteiger partial charge in [0, 0.05) is 19.2 Å². The number of fused-ring (bicyclic) bond motifs is 1. The van der Waals surface area contributed by atoms with Crippen molar-refractivity contribution in [2.45, 2.75) is 52.6 Å². The second-order valence-corrected chi connectivity index (χ2v) is 7.91. The molecule has 1 atom stereocenters. The molecule has 1 heterocycles. The molecule has 2 aromatic carbocycles. The second-order valence-electron chi connectivity index (χ2n) is 7.91. The van der Waals surface area contributed by atoms with Gasteiger partial charge in [0.15, 0.2) is 0 Å². The molecular formula is C26H33N3O3.